The minimum Gasteiger partial charge on any atom is -0.494 e. The van der Waals surface area contributed by atoms with Crippen molar-refractivity contribution in [2.24, 2.45) is 0 Å². The number of ether oxygens (including phenoxy) is 2. The van der Waals surface area contributed by atoms with E-state index < -0.39 is 0 Å². The zero-order chi connectivity index (χ0) is 19.2. The first-order chi connectivity index (χ1) is 13.1. The minimum absolute atomic E-state index is 0.215. The summed E-state index contributed by atoms with van der Waals surface area (Å²) in [7, 11) is 0. The molecule has 6 nitrogen and oxygen atoms in total. The smallest absolute Gasteiger partial charge is 0.255 e. The van der Waals surface area contributed by atoms with E-state index in [0.717, 1.165) is 11.4 Å². The fourth-order valence-electron chi connectivity index (χ4n) is 2.73. The van der Waals surface area contributed by atoms with Crippen LogP contribution in [-0.4, -0.2) is 28.9 Å². The highest BCUT2D eigenvalue weighted by atomic mass is 16.5. The highest BCUT2D eigenvalue weighted by molar-refractivity contribution is 6.05. The van der Waals surface area contributed by atoms with Crippen LogP contribution in [0.3, 0.4) is 0 Å². The predicted molar refractivity (Wildman–Crippen MR) is 105 cm³/mol. The molecule has 0 aliphatic carbocycles. The number of rotatable bonds is 7. The highest BCUT2D eigenvalue weighted by Gasteiger charge is 2.12. The largest absolute Gasteiger partial charge is 0.494 e. The maximum absolute atomic E-state index is 12.7. The molecule has 3 aromatic rings. The molecule has 6 heteroatoms. The van der Waals surface area contributed by atoms with Crippen molar-refractivity contribution in [3.8, 4) is 17.2 Å². The van der Waals surface area contributed by atoms with Crippen LogP contribution in [0.2, 0.25) is 0 Å². The van der Waals surface area contributed by atoms with Gasteiger partial charge < -0.3 is 14.8 Å². The van der Waals surface area contributed by atoms with E-state index in [2.05, 4.69) is 10.4 Å². The number of nitrogens with one attached hydrogen (secondary N) is 1. The predicted octanol–water partition coefficient (Wildman–Crippen LogP) is 4.23. The van der Waals surface area contributed by atoms with Crippen LogP contribution in [0.5, 0.6) is 11.5 Å². The molecule has 0 aliphatic rings. The molecule has 3 rings (SSSR count). The van der Waals surface area contributed by atoms with E-state index in [4.69, 9.17) is 9.47 Å². The van der Waals surface area contributed by atoms with Crippen molar-refractivity contribution in [1.29, 1.82) is 0 Å². The van der Waals surface area contributed by atoms with Crippen LogP contribution in [0.25, 0.3) is 5.69 Å². The lowest BCUT2D eigenvalue weighted by Gasteiger charge is -2.14. The van der Waals surface area contributed by atoms with Crippen LogP contribution >= 0.6 is 0 Å². The Morgan fingerprint density at radius 1 is 1.04 bits per heavy atom. The molecule has 0 atom stereocenters. The van der Waals surface area contributed by atoms with Gasteiger partial charge in [-0.25, -0.2) is 4.68 Å². The molecular formula is C21H23N3O3. The molecule has 0 saturated heterocycles. The van der Waals surface area contributed by atoms with Crippen molar-refractivity contribution >= 4 is 11.6 Å². The average Bonchev–Trinajstić information content (AvgIpc) is 3.10. The lowest BCUT2D eigenvalue weighted by Crippen LogP contribution is -2.13. The number of nitrogens with zero attached hydrogens (tertiary/aromatic N) is 2. The lowest BCUT2D eigenvalue weighted by molar-refractivity contribution is 0.102. The van der Waals surface area contributed by atoms with E-state index in [-0.39, 0.29) is 5.91 Å². The van der Waals surface area contributed by atoms with E-state index >= 15 is 0 Å². The Balaban J connectivity index is 1.80. The molecule has 0 unspecified atom stereocenters. The molecule has 0 fully saturated rings. The first-order valence-electron chi connectivity index (χ1n) is 8.94. The first-order valence-corrected chi connectivity index (χ1v) is 8.94. The van der Waals surface area contributed by atoms with Crippen LogP contribution in [0.4, 0.5) is 5.69 Å². The number of carbonyl (C=O) groups excluding carboxylic acids is 1. The second kappa shape index (κ2) is 8.40. The summed E-state index contributed by atoms with van der Waals surface area (Å²) in [5.74, 6) is 1.08. The Labute approximate surface area is 158 Å². The standard InChI is InChI=1S/C21H23N3O3/c1-4-26-18-10-11-20(27-5-2)19(14-18)23-21(25)16-6-8-17(9-7-16)24-15(3)12-13-22-24/h6-14H,4-5H2,1-3H3,(H,23,25). The van der Waals surface area contributed by atoms with E-state index in [0.29, 0.717) is 36.0 Å². The molecule has 0 spiro atoms. The van der Waals surface area contributed by atoms with Gasteiger partial charge in [-0.15, -0.1) is 0 Å². The van der Waals surface area contributed by atoms with Gasteiger partial charge in [0.1, 0.15) is 11.5 Å². The molecule has 0 radical (unpaired) electrons. The van der Waals surface area contributed by atoms with E-state index in [1.807, 2.05) is 49.7 Å². The van der Waals surface area contributed by atoms with Gasteiger partial charge in [0, 0.05) is 23.5 Å². The SMILES string of the molecule is CCOc1ccc(OCC)c(NC(=O)c2ccc(-n3nccc3C)cc2)c1. The Morgan fingerprint density at radius 3 is 2.41 bits per heavy atom. The van der Waals surface area contributed by atoms with Crippen LogP contribution in [0.15, 0.2) is 54.7 Å². The van der Waals surface area contributed by atoms with Gasteiger partial charge in [0.25, 0.3) is 5.91 Å². The fraction of sp³-hybridized carbons (Fsp3) is 0.238. The zero-order valence-electron chi connectivity index (χ0n) is 15.7. The van der Waals surface area contributed by atoms with Gasteiger partial charge in [0.05, 0.1) is 24.6 Å². The summed E-state index contributed by atoms with van der Waals surface area (Å²) >= 11 is 0. The summed E-state index contributed by atoms with van der Waals surface area (Å²) in [6.45, 7) is 6.86. The summed E-state index contributed by atoms with van der Waals surface area (Å²) in [5.41, 5.74) is 3.07. The molecule has 1 N–H and O–H groups in total. The van der Waals surface area contributed by atoms with E-state index in [1.54, 1.807) is 30.5 Å². The topological polar surface area (TPSA) is 65.4 Å². The van der Waals surface area contributed by atoms with Gasteiger partial charge in [-0.05, 0) is 63.2 Å². The second-order valence-corrected chi connectivity index (χ2v) is 5.91. The maximum atomic E-state index is 12.7. The molecule has 0 aliphatic heterocycles. The van der Waals surface area contributed by atoms with Gasteiger partial charge in [-0.2, -0.15) is 5.10 Å². The summed E-state index contributed by atoms with van der Waals surface area (Å²) < 4.78 is 12.9. The second-order valence-electron chi connectivity index (χ2n) is 5.91. The van der Waals surface area contributed by atoms with E-state index in [9.17, 15) is 4.79 Å². The molecule has 1 aromatic heterocycles. The number of anilines is 1. The van der Waals surface area contributed by atoms with Gasteiger partial charge in [-0.3, -0.25) is 4.79 Å². The van der Waals surface area contributed by atoms with Crippen LogP contribution in [-0.2, 0) is 0 Å². The third kappa shape index (κ3) is 4.28. The molecule has 1 amide bonds. The van der Waals surface area contributed by atoms with Gasteiger partial charge in [0.15, 0.2) is 0 Å². The van der Waals surface area contributed by atoms with Crippen LogP contribution < -0.4 is 14.8 Å². The van der Waals surface area contributed by atoms with Gasteiger partial charge in [-0.1, -0.05) is 0 Å². The van der Waals surface area contributed by atoms with E-state index in [1.165, 1.54) is 0 Å². The average molecular weight is 365 g/mol. The molecular weight excluding hydrogens is 342 g/mol. The molecule has 0 bridgehead atoms. The number of carbonyl (C=O) groups is 1. The molecule has 1 heterocycles. The van der Waals surface area contributed by atoms with Crippen molar-refractivity contribution in [2.75, 3.05) is 18.5 Å². The third-order valence-corrected chi connectivity index (χ3v) is 4.02. The molecule has 27 heavy (non-hydrogen) atoms. The van der Waals surface area contributed by atoms with Gasteiger partial charge in [0.2, 0.25) is 0 Å². The van der Waals surface area contributed by atoms with Gasteiger partial charge >= 0.3 is 0 Å². The summed E-state index contributed by atoms with van der Waals surface area (Å²) in [6.07, 6.45) is 1.75. The maximum Gasteiger partial charge on any atom is 0.255 e. The number of hydrogen-bond acceptors (Lipinski definition) is 4. The highest BCUT2D eigenvalue weighted by Crippen LogP contribution is 2.30. The number of aromatic nitrogens is 2. The van der Waals surface area contributed by atoms with Crippen molar-refractivity contribution in [3.63, 3.8) is 0 Å². The summed E-state index contributed by atoms with van der Waals surface area (Å²) in [5, 5.41) is 7.18. The lowest BCUT2D eigenvalue weighted by atomic mass is 10.2. The van der Waals surface area contributed by atoms with Crippen molar-refractivity contribution in [3.05, 3.63) is 66.0 Å². The Kier molecular flexibility index (Phi) is 5.76. The zero-order valence-corrected chi connectivity index (χ0v) is 15.7. The summed E-state index contributed by atoms with van der Waals surface area (Å²) in [4.78, 5) is 12.7. The van der Waals surface area contributed by atoms with Crippen molar-refractivity contribution < 1.29 is 14.3 Å². The number of benzene rings is 2. The van der Waals surface area contributed by atoms with Crippen LogP contribution in [0, 0.1) is 6.92 Å². The Morgan fingerprint density at radius 2 is 1.78 bits per heavy atom. The molecule has 140 valence electrons. The Hall–Kier alpha value is -3.28. The van der Waals surface area contributed by atoms with Crippen LogP contribution in [0.1, 0.15) is 29.9 Å². The third-order valence-electron chi connectivity index (χ3n) is 4.02. The fourth-order valence-corrected chi connectivity index (χ4v) is 2.73. The van der Waals surface area contributed by atoms with Crippen molar-refractivity contribution in [2.45, 2.75) is 20.8 Å². The molecule has 2 aromatic carbocycles. The number of hydrogen-bond donors (Lipinski definition) is 1. The van der Waals surface area contributed by atoms with Crippen molar-refractivity contribution in [1.82, 2.24) is 9.78 Å². The monoisotopic (exact) mass is 365 g/mol. The summed E-state index contributed by atoms with van der Waals surface area (Å²) in [6, 6.07) is 14.6. The quantitative estimate of drug-likeness (QED) is 0.680. The number of amides is 1. The normalized spacial score (nSPS) is 10.5. The number of aryl methyl sites for hydroxylation is 1. The first kappa shape index (κ1) is 18.5. The Bertz CT molecular complexity index is 917. The minimum atomic E-state index is -0.215. The molecule has 0 saturated carbocycles.